The van der Waals surface area contributed by atoms with E-state index in [2.05, 4.69) is 20.6 Å². The first kappa shape index (κ1) is 24.9. The van der Waals surface area contributed by atoms with Gasteiger partial charge in [-0.05, 0) is 31.7 Å². The Balaban J connectivity index is 1.29. The fourth-order valence-corrected chi connectivity index (χ4v) is 5.59. The van der Waals surface area contributed by atoms with Crippen LogP contribution in [-0.2, 0) is 0 Å². The number of aromatic nitrogens is 4. The quantitative estimate of drug-likeness (QED) is 0.215. The number of carbonyl (C=O) groups is 1. The van der Waals surface area contributed by atoms with E-state index < -0.39 is 11.6 Å². The summed E-state index contributed by atoms with van der Waals surface area (Å²) in [5.41, 5.74) is 8.26. The van der Waals surface area contributed by atoms with Crippen molar-refractivity contribution in [2.75, 3.05) is 11.1 Å². The highest BCUT2D eigenvalue weighted by atomic mass is 32.1. The molecule has 3 aromatic heterocycles. The maximum absolute atomic E-state index is 14.4. The molecule has 6 rings (SSSR count). The minimum atomic E-state index is -0.676. The highest BCUT2D eigenvalue weighted by Crippen LogP contribution is 2.32. The lowest BCUT2D eigenvalue weighted by atomic mass is 9.91. The van der Waals surface area contributed by atoms with E-state index in [-0.39, 0.29) is 23.5 Å². The van der Waals surface area contributed by atoms with Crippen LogP contribution in [0.25, 0.3) is 33.5 Å². The van der Waals surface area contributed by atoms with Crippen molar-refractivity contribution < 1.29 is 13.6 Å². The number of fused-ring (bicyclic) bond motifs is 1. The van der Waals surface area contributed by atoms with E-state index in [1.54, 1.807) is 11.6 Å². The Bertz CT molecular complexity index is 1650. The van der Waals surface area contributed by atoms with Crippen molar-refractivity contribution in [3.8, 4) is 22.6 Å². The molecule has 1 amide bonds. The molecule has 2 atom stereocenters. The summed E-state index contributed by atoms with van der Waals surface area (Å²) in [6, 6.07) is 13.7. The standard InChI is InChI=1S/C28H25F2N7OS/c29-16-9-19-20(13-32-25(19)21(30)10-16)26-35-22(15-5-2-1-3-6-15)12-24(37-26)33-17-7-4-8-18(11-17)34-27(38)23-14-39-28(31)36-23/h1-3,5-6,9-10,12-14,17-18,32H,4,7-8,11H2,(H2,31,36)(H,34,38)(H,33,35,37)/t17-,18+/m0/s1. The third-order valence-corrected chi connectivity index (χ3v) is 7.53. The molecule has 11 heteroatoms. The van der Waals surface area contributed by atoms with E-state index in [0.717, 1.165) is 30.9 Å². The highest BCUT2D eigenvalue weighted by Gasteiger charge is 2.25. The first-order valence-corrected chi connectivity index (χ1v) is 13.5. The van der Waals surface area contributed by atoms with Crippen LogP contribution >= 0.6 is 11.3 Å². The topological polar surface area (TPSA) is 122 Å². The molecule has 0 unspecified atom stereocenters. The molecule has 1 saturated carbocycles. The fraction of sp³-hybridized carbons (Fsp3) is 0.214. The van der Waals surface area contributed by atoms with E-state index in [1.165, 1.54) is 17.4 Å². The van der Waals surface area contributed by atoms with Gasteiger partial charge in [0.2, 0.25) is 0 Å². The van der Waals surface area contributed by atoms with Gasteiger partial charge in [0.15, 0.2) is 11.0 Å². The van der Waals surface area contributed by atoms with Crippen LogP contribution in [0.1, 0.15) is 36.2 Å². The molecule has 0 bridgehead atoms. The van der Waals surface area contributed by atoms with E-state index in [9.17, 15) is 13.6 Å². The number of rotatable bonds is 6. The summed E-state index contributed by atoms with van der Waals surface area (Å²) in [5, 5.41) is 8.96. The minimum Gasteiger partial charge on any atom is -0.375 e. The number of nitrogen functional groups attached to an aromatic ring is 1. The van der Waals surface area contributed by atoms with Gasteiger partial charge in [0.1, 0.15) is 23.1 Å². The van der Waals surface area contributed by atoms with Crippen molar-refractivity contribution in [1.82, 2.24) is 25.3 Å². The van der Waals surface area contributed by atoms with Crippen molar-refractivity contribution in [2.24, 2.45) is 0 Å². The molecule has 0 radical (unpaired) electrons. The van der Waals surface area contributed by atoms with Crippen LogP contribution in [0.4, 0.5) is 19.7 Å². The first-order valence-electron chi connectivity index (χ1n) is 12.6. The minimum absolute atomic E-state index is 0.0267. The van der Waals surface area contributed by atoms with Gasteiger partial charge in [-0.25, -0.2) is 23.7 Å². The SMILES string of the molecule is Nc1nc(C(=O)N[C@@H]2CCC[C@H](Nc3cc(-c4ccccc4)nc(-c4c[nH]c5c(F)cc(F)cc45)n3)C2)cs1. The number of amides is 1. The number of nitrogens with zero attached hydrogens (tertiary/aromatic N) is 3. The van der Waals surface area contributed by atoms with Gasteiger partial charge in [-0.2, -0.15) is 0 Å². The predicted molar refractivity (Wildman–Crippen MR) is 148 cm³/mol. The van der Waals surface area contributed by atoms with Crippen LogP contribution in [0.2, 0.25) is 0 Å². The normalized spacial score (nSPS) is 17.3. The number of hydrogen-bond donors (Lipinski definition) is 4. The van der Waals surface area contributed by atoms with Crippen molar-refractivity contribution >= 4 is 39.1 Å². The van der Waals surface area contributed by atoms with Crippen LogP contribution < -0.4 is 16.4 Å². The summed E-state index contributed by atoms with van der Waals surface area (Å²) in [7, 11) is 0. The number of hydrogen-bond acceptors (Lipinski definition) is 7. The number of halogens is 2. The molecule has 5 N–H and O–H groups in total. The molecular weight excluding hydrogens is 520 g/mol. The summed E-state index contributed by atoms with van der Waals surface area (Å²) in [6.07, 6.45) is 4.99. The second kappa shape index (κ2) is 10.4. The summed E-state index contributed by atoms with van der Waals surface area (Å²) in [6.45, 7) is 0. The molecule has 1 aliphatic carbocycles. The molecule has 0 saturated heterocycles. The Hall–Kier alpha value is -4.38. The molecule has 39 heavy (non-hydrogen) atoms. The Morgan fingerprint density at radius 3 is 2.67 bits per heavy atom. The molecule has 0 aliphatic heterocycles. The van der Waals surface area contributed by atoms with Gasteiger partial charge < -0.3 is 21.4 Å². The number of aromatic amines is 1. The van der Waals surface area contributed by atoms with Crippen molar-refractivity contribution in [3.05, 3.63) is 77.4 Å². The third kappa shape index (κ3) is 5.30. The van der Waals surface area contributed by atoms with Crippen LogP contribution in [0.15, 0.2) is 60.1 Å². The summed E-state index contributed by atoms with van der Waals surface area (Å²) in [4.78, 5) is 29.1. The Labute approximate surface area is 226 Å². The van der Waals surface area contributed by atoms with Crippen molar-refractivity contribution in [2.45, 2.75) is 37.8 Å². The first-order chi connectivity index (χ1) is 18.9. The third-order valence-electron chi connectivity index (χ3n) is 6.86. The number of carbonyl (C=O) groups excluding carboxylic acids is 1. The second-order valence-corrected chi connectivity index (χ2v) is 10.5. The van der Waals surface area contributed by atoms with Gasteiger partial charge >= 0.3 is 0 Å². The van der Waals surface area contributed by atoms with E-state index in [0.29, 0.717) is 45.5 Å². The maximum atomic E-state index is 14.4. The zero-order valence-electron chi connectivity index (χ0n) is 20.7. The molecule has 0 spiro atoms. The molecular formula is C28H25F2N7OS. The average Bonchev–Trinajstić information content (AvgIpc) is 3.56. The number of nitrogens with two attached hydrogens (primary N) is 1. The van der Waals surface area contributed by atoms with Gasteiger partial charge in [-0.3, -0.25) is 4.79 Å². The van der Waals surface area contributed by atoms with Gasteiger partial charge in [0.25, 0.3) is 5.91 Å². The number of thiazole rings is 1. The monoisotopic (exact) mass is 545 g/mol. The number of anilines is 2. The zero-order valence-corrected chi connectivity index (χ0v) is 21.6. The summed E-state index contributed by atoms with van der Waals surface area (Å²) < 4.78 is 28.5. The predicted octanol–water partition coefficient (Wildman–Crippen LogP) is 5.76. The molecule has 198 valence electrons. The molecule has 8 nitrogen and oxygen atoms in total. The van der Waals surface area contributed by atoms with Gasteiger partial charge in [-0.1, -0.05) is 30.3 Å². The van der Waals surface area contributed by atoms with Crippen LogP contribution in [-0.4, -0.2) is 37.9 Å². The Kier molecular flexibility index (Phi) is 6.65. The zero-order chi connectivity index (χ0) is 26.9. The van der Waals surface area contributed by atoms with E-state index in [1.807, 2.05) is 36.4 Å². The van der Waals surface area contributed by atoms with Gasteiger partial charge in [0.05, 0.1) is 11.2 Å². The van der Waals surface area contributed by atoms with Crippen molar-refractivity contribution in [3.63, 3.8) is 0 Å². The largest absolute Gasteiger partial charge is 0.375 e. The fourth-order valence-electron chi connectivity index (χ4n) is 5.05. The molecule has 1 fully saturated rings. The van der Waals surface area contributed by atoms with Gasteiger partial charge in [0, 0.05) is 52.3 Å². The Morgan fingerprint density at radius 2 is 1.87 bits per heavy atom. The lowest BCUT2D eigenvalue weighted by molar-refractivity contribution is 0.0922. The van der Waals surface area contributed by atoms with Crippen LogP contribution in [0.5, 0.6) is 0 Å². The number of H-pyrrole nitrogens is 1. The lowest BCUT2D eigenvalue weighted by Crippen LogP contribution is -2.42. The molecule has 1 aliphatic rings. The van der Waals surface area contributed by atoms with Gasteiger partial charge in [-0.15, -0.1) is 11.3 Å². The van der Waals surface area contributed by atoms with E-state index in [4.69, 9.17) is 15.7 Å². The van der Waals surface area contributed by atoms with E-state index >= 15 is 0 Å². The van der Waals surface area contributed by atoms with Crippen LogP contribution in [0, 0.1) is 11.6 Å². The highest BCUT2D eigenvalue weighted by molar-refractivity contribution is 7.13. The summed E-state index contributed by atoms with van der Waals surface area (Å²) in [5.74, 6) is -0.646. The lowest BCUT2D eigenvalue weighted by Gasteiger charge is -2.30. The molecule has 2 aromatic carbocycles. The maximum Gasteiger partial charge on any atom is 0.271 e. The van der Waals surface area contributed by atoms with Crippen LogP contribution in [0.3, 0.4) is 0 Å². The smallest absolute Gasteiger partial charge is 0.271 e. The molecule has 3 heterocycles. The number of nitrogens with one attached hydrogen (secondary N) is 3. The average molecular weight is 546 g/mol. The van der Waals surface area contributed by atoms with Crippen molar-refractivity contribution in [1.29, 1.82) is 0 Å². The number of benzene rings is 2. The Morgan fingerprint density at radius 1 is 1.05 bits per heavy atom. The second-order valence-electron chi connectivity index (χ2n) is 9.59. The summed E-state index contributed by atoms with van der Waals surface area (Å²) >= 11 is 1.23. The molecule has 5 aromatic rings.